The molecule has 1 heterocycles. The van der Waals surface area contributed by atoms with Gasteiger partial charge in [-0.3, -0.25) is 4.79 Å². The Hall–Kier alpha value is -1.58. The monoisotopic (exact) mass is 194 g/mol. The Kier molecular flexibility index (Phi) is 3.91. The van der Waals surface area contributed by atoms with E-state index < -0.39 is 0 Å². The molecule has 0 atom stereocenters. The van der Waals surface area contributed by atoms with Crippen molar-refractivity contribution >= 4 is 5.91 Å². The Morgan fingerprint density at radius 2 is 2.43 bits per heavy atom. The van der Waals surface area contributed by atoms with E-state index in [1.54, 1.807) is 12.3 Å². The molecule has 1 amide bonds. The van der Waals surface area contributed by atoms with Crippen LogP contribution in [0.4, 0.5) is 0 Å². The number of nitrogens with zero attached hydrogens (tertiary/aromatic N) is 1. The van der Waals surface area contributed by atoms with Crippen molar-refractivity contribution in [1.29, 1.82) is 0 Å². The summed E-state index contributed by atoms with van der Waals surface area (Å²) in [5.74, 6) is 0.0626. The number of hydrogen-bond donors (Lipinski definition) is 2. The number of rotatable bonds is 4. The average Bonchev–Trinajstić information content (AvgIpc) is 2.17. The van der Waals surface area contributed by atoms with Crippen LogP contribution in [0.15, 0.2) is 18.3 Å². The fourth-order valence-corrected chi connectivity index (χ4v) is 1.09. The fourth-order valence-electron chi connectivity index (χ4n) is 1.09. The maximum atomic E-state index is 10.9. The van der Waals surface area contributed by atoms with Crippen molar-refractivity contribution in [2.75, 3.05) is 6.54 Å². The summed E-state index contributed by atoms with van der Waals surface area (Å²) in [7, 11) is 0. The smallest absolute Gasteiger partial charge is 0.219 e. The van der Waals surface area contributed by atoms with Crippen molar-refractivity contribution in [2.24, 2.45) is 0 Å². The molecule has 1 aromatic heterocycles. The first-order valence-electron chi connectivity index (χ1n) is 4.63. The van der Waals surface area contributed by atoms with Crippen molar-refractivity contribution in [3.05, 3.63) is 23.9 Å². The van der Waals surface area contributed by atoms with Gasteiger partial charge in [-0.05, 0) is 18.1 Å². The number of hydrogen-bond acceptors (Lipinski definition) is 3. The van der Waals surface area contributed by atoms with Crippen LogP contribution in [0.3, 0.4) is 0 Å². The largest absolute Gasteiger partial charge is 0.493 e. The van der Waals surface area contributed by atoms with Gasteiger partial charge in [0, 0.05) is 25.2 Å². The molecule has 1 aromatic rings. The first-order valence-corrected chi connectivity index (χ1v) is 4.63. The highest BCUT2D eigenvalue weighted by atomic mass is 16.3. The minimum atomic E-state index is 0.0179. The van der Waals surface area contributed by atoms with Gasteiger partial charge in [0.2, 0.25) is 11.8 Å². The van der Waals surface area contributed by atoms with Crippen molar-refractivity contribution in [2.45, 2.75) is 19.8 Å². The second kappa shape index (κ2) is 5.21. The molecule has 0 unspecified atom stereocenters. The number of nitrogens with one attached hydrogen (secondary N) is 1. The third-order valence-electron chi connectivity index (χ3n) is 1.87. The van der Waals surface area contributed by atoms with Gasteiger partial charge >= 0.3 is 0 Å². The Balaban J connectivity index is 2.35. The number of carbonyl (C=O) groups excluding carboxylic acids is 1. The number of carbonyl (C=O) groups is 1. The average molecular weight is 194 g/mol. The van der Waals surface area contributed by atoms with Gasteiger partial charge in [0.05, 0.1) is 0 Å². The molecule has 0 fully saturated rings. The van der Waals surface area contributed by atoms with Crippen molar-refractivity contribution in [3.8, 4) is 5.88 Å². The Labute approximate surface area is 83.0 Å². The lowest BCUT2D eigenvalue weighted by Gasteiger charge is -2.03. The molecule has 0 aliphatic carbocycles. The summed E-state index contributed by atoms with van der Waals surface area (Å²) in [5.41, 5.74) is 0.967. The lowest BCUT2D eigenvalue weighted by Crippen LogP contribution is -2.24. The lowest BCUT2D eigenvalue weighted by atomic mass is 10.2. The molecule has 0 saturated heterocycles. The number of aromatic nitrogens is 1. The molecule has 0 saturated carbocycles. The summed E-state index contributed by atoms with van der Waals surface area (Å²) >= 11 is 0. The number of pyridine rings is 1. The number of aromatic hydroxyl groups is 1. The Bertz CT molecular complexity index is 313. The second-order valence-electron chi connectivity index (χ2n) is 2.98. The molecule has 2 N–H and O–H groups in total. The Morgan fingerprint density at radius 1 is 1.64 bits per heavy atom. The van der Waals surface area contributed by atoms with Crippen LogP contribution in [0, 0.1) is 0 Å². The van der Waals surface area contributed by atoms with Gasteiger partial charge in [-0.1, -0.05) is 6.92 Å². The van der Waals surface area contributed by atoms with E-state index in [0.717, 1.165) is 5.56 Å². The molecule has 0 aliphatic rings. The summed E-state index contributed by atoms with van der Waals surface area (Å²) in [5, 5.41) is 11.8. The van der Waals surface area contributed by atoms with Crippen molar-refractivity contribution in [3.63, 3.8) is 0 Å². The van der Waals surface area contributed by atoms with Crippen LogP contribution in [0.5, 0.6) is 5.88 Å². The van der Waals surface area contributed by atoms with Gasteiger partial charge in [0.25, 0.3) is 0 Å². The van der Waals surface area contributed by atoms with E-state index in [1.165, 1.54) is 0 Å². The third kappa shape index (κ3) is 3.43. The first-order chi connectivity index (χ1) is 6.72. The van der Waals surface area contributed by atoms with E-state index in [0.29, 0.717) is 19.4 Å². The van der Waals surface area contributed by atoms with Crippen LogP contribution >= 0.6 is 0 Å². The van der Waals surface area contributed by atoms with Gasteiger partial charge in [-0.15, -0.1) is 0 Å². The zero-order chi connectivity index (χ0) is 10.4. The molecular formula is C10H14N2O2. The van der Waals surface area contributed by atoms with Gasteiger partial charge in [-0.25, -0.2) is 4.98 Å². The van der Waals surface area contributed by atoms with Crippen LogP contribution in [0.2, 0.25) is 0 Å². The van der Waals surface area contributed by atoms with E-state index in [4.69, 9.17) is 5.11 Å². The zero-order valence-electron chi connectivity index (χ0n) is 8.16. The minimum absolute atomic E-state index is 0.0179. The molecule has 1 rings (SSSR count). The molecule has 14 heavy (non-hydrogen) atoms. The highest BCUT2D eigenvalue weighted by molar-refractivity contribution is 5.75. The predicted octanol–water partition coefficient (Wildman–Crippen LogP) is 0.856. The van der Waals surface area contributed by atoms with Gasteiger partial charge in [-0.2, -0.15) is 0 Å². The molecule has 0 radical (unpaired) electrons. The molecule has 76 valence electrons. The third-order valence-corrected chi connectivity index (χ3v) is 1.87. The second-order valence-corrected chi connectivity index (χ2v) is 2.98. The van der Waals surface area contributed by atoms with Gasteiger partial charge in [0.1, 0.15) is 0 Å². The topological polar surface area (TPSA) is 62.2 Å². The predicted molar refractivity (Wildman–Crippen MR) is 52.9 cm³/mol. The van der Waals surface area contributed by atoms with E-state index in [2.05, 4.69) is 10.3 Å². The molecule has 0 spiro atoms. The van der Waals surface area contributed by atoms with Crippen LogP contribution < -0.4 is 5.32 Å². The summed E-state index contributed by atoms with van der Waals surface area (Å²) in [4.78, 5) is 14.6. The molecule has 0 aliphatic heterocycles. The summed E-state index contributed by atoms with van der Waals surface area (Å²) in [6.07, 6.45) is 2.76. The van der Waals surface area contributed by atoms with E-state index >= 15 is 0 Å². The van der Waals surface area contributed by atoms with Crippen LogP contribution in [0.1, 0.15) is 18.9 Å². The van der Waals surface area contributed by atoms with Crippen LogP contribution in [-0.2, 0) is 11.2 Å². The van der Waals surface area contributed by atoms with E-state index in [9.17, 15) is 4.79 Å². The van der Waals surface area contributed by atoms with Crippen molar-refractivity contribution in [1.82, 2.24) is 10.3 Å². The van der Waals surface area contributed by atoms with Gasteiger partial charge in [0.15, 0.2) is 0 Å². The minimum Gasteiger partial charge on any atom is -0.493 e. The normalized spacial score (nSPS) is 9.79. The molecular weight excluding hydrogens is 180 g/mol. The SMILES string of the molecule is CCC(=O)NCCc1ccnc(O)c1. The maximum absolute atomic E-state index is 10.9. The zero-order valence-corrected chi connectivity index (χ0v) is 8.16. The molecule has 4 heteroatoms. The first kappa shape index (κ1) is 10.5. The molecule has 0 bridgehead atoms. The maximum Gasteiger partial charge on any atom is 0.219 e. The highest BCUT2D eigenvalue weighted by Gasteiger charge is 1.98. The molecule has 4 nitrogen and oxygen atoms in total. The Morgan fingerprint density at radius 3 is 3.07 bits per heavy atom. The quantitative estimate of drug-likeness (QED) is 0.747. The highest BCUT2D eigenvalue weighted by Crippen LogP contribution is 2.06. The summed E-state index contributed by atoms with van der Waals surface area (Å²) in [6, 6.07) is 3.41. The summed E-state index contributed by atoms with van der Waals surface area (Å²) in [6.45, 7) is 2.41. The fraction of sp³-hybridized carbons (Fsp3) is 0.400. The summed E-state index contributed by atoms with van der Waals surface area (Å²) < 4.78 is 0. The van der Waals surface area contributed by atoms with E-state index in [1.807, 2.05) is 13.0 Å². The standard InChI is InChI=1S/C10H14N2O2/c1-2-9(13)11-5-3-8-4-6-12-10(14)7-8/h4,6-7H,2-3,5H2,1H3,(H,11,13)(H,12,14). The van der Waals surface area contributed by atoms with Crippen LogP contribution in [-0.4, -0.2) is 22.5 Å². The van der Waals surface area contributed by atoms with Crippen molar-refractivity contribution < 1.29 is 9.90 Å². The number of amides is 1. The van der Waals surface area contributed by atoms with E-state index in [-0.39, 0.29) is 11.8 Å². The van der Waals surface area contributed by atoms with Crippen LogP contribution in [0.25, 0.3) is 0 Å². The van der Waals surface area contributed by atoms with Gasteiger partial charge < -0.3 is 10.4 Å². The lowest BCUT2D eigenvalue weighted by molar-refractivity contribution is -0.120. The molecule has 0 aromatic carbocycles.